The van der Waals surface area contributed by atoms with E-state index in [4.69, 9.17) is 5.73 Å². The molecule has 0 fully saturated rings. The molecule has 102 valence electrons. The van der Waals surface area contributed by atoms with Gasteiger partial charge < -0.3 is 11.1 Å². The van der Waals surface area contributed by atoms with Crippen molar-refractivity contribution in [2.75, 3.05) is 13.1 Å². The predicted molar refractivity (Wildman–Crippen MR) is 78.8 cm³/mol. The molecular weight excluding hydrogens is 236 g/mol. The summed E-state index contributed by atoms with van der Waals surface area (Å²) in [5.74, 6) is 6.25. The quantitative estimate of drug-likeness (QED) is 0.795. The van der Waals surface area contributed by atoms with E-state index in [0.29, 0.717) is 18.0 Å². The average molecular weight is 258 g/mol. The maximum Gasteiger partial charge on any atom is 0.251 e. The van der Waals surface area contributed by atoms with Crippen molar-refractivity contribution in [3.63, 3.8) is 0 Å². The van der Waals surface area contributed by atoms with Crippen molar-refractivity contribution in [1.29, 1.82) is 0 Å². The first-order chi connectivity index (χ1) is 9.21. The van der Waals surface area contributed by atoms with Gasteiger partial charge in [0.15, 0.2) is 0 Å². The lowest BCUT2D eigenvalue weighted by Crippen LogP contribution is -2.28. The molecule has 0 saturated carbocycles. The molecule has 0 unspecified atom stereocenters. The van der Waals surface area contributed by atoms with E-state index in [2.05, 4.69) is 31.0 Å². The van der Waals surface area contributed by atoms with Gasteiger partial charge in [0.25, 0.3) is 5.91 Å². The molecule has 3 nitrogen and oxygen atoms in total. The Kier molecular flexibility index (Phi) is 6.70. The standard InChI is InChI=1S/C16H22N2O/c1-3-13(4-2)12-18-16(19)15-9-7-14(8-10-15)6-5-11-17/h7-10,13H,3-4,11-12,17H2,1-2H3,(H,18,19). The Labute approximate surface area is 115 Å². The Morgan fingerprint density at radius 1 is 1.26 bits per heavy atom. The molecule has 3 N–H and O–H groups in total. The smallest absolute Gasteiger partial charge is 0.251 e. The van der Waals surface area contributed by atoms with Gasteiger partial charge in [-0.2, -0.15) is 0 Å². The minimum Gasteiger partial charge on any atom is -0.352 e. The third kappa shape index (κ3) is 5.15. The Bertz CT molecular complexity index is 450. The molecule has 19 heavy (non-hydrogen) atoms. The van der Waals surface area contributed by atoms with E-state index in [1.54, 1.807) is 12.1 Å². The summed E-state index contributed by atoms with van der Waals surface area (Å²) in [6, 6.07) is 7.27. The van der Waals surface area contributed by atoms with Crippen LogP contribution in [0.15, 0.2) is 24.3 Å². The first-order valence-electron chi connectivity index (χ1n) is 6.78. The molecule has 1 amide bonds. The second-order valence-corrected chi connectivity index (χ2v) is 4.48. The van der Waals surface area contributed by atoms with Gasteiger partial charge in [0.05, 0.1) is 6.54 Å². The molecule has 0 atom stereocenters. The van der Waals surface area contributed by atoms with E-state index >= 15 is 0 Å². The Morgan fingerprint density at radius 2 is 1.89 bits per heavy atom. The monoisotopic (exact) mass is 258 g/mol. The molecule has 1 aromatic carbocycles. The molecular formula is C16H22N2O. The molecule has 3 heteroatoms. The topological polar surface area (TPSA) is 55.1 Å². The van der Waals surface area contributed by atoms with Gasteiger partial charge in [-0.15, -0.1) is 0 Å². The molecule has 0 heterocycles. The zero-order valence-electron chi connectivity index (χ0n) is 11.7. The van der Waals surface area contributed by atoms with Gasteiger partial charge in [0.2, 0.25) is 0 Å². The van der Waals surface area contributed by atoms with Gasteiger partial charge in [0, 0.05) is 17.7 Å². The van der Waals surface area contributed by atoms with Crippen molar-refractivity contribution < 1.29 is 4.79 Å². The highest BCUT2D eigenvalue weighted by molar-refractivity contribution is 5.94. The van der Waals surface area contributed by atoms with Crippen LogP contribution in [0, 0.1) is 17.8 Å². The van der Waals surface area contributed by atoms with Crippen LogP contribution in [0.4, 0.5) is 0 Å². The molecule has 0 aliphatic rings. The molecule has 0 aliphatic heterocycles. The zero-order valence-corrected chi connectivity index (χ0v) is 11.7. The molecule has 0 aromatic heterocycles. The highest BCUT2D eigenvalue weighted by atomic mass is 16.1. The lowest BCUT2D eigenvalue weighted by atomic mass is 10.0. The molecule has 1 aromatic rings. The summed E-state index contributed by atoms with van der Waals surface area (Å²) in [7, 11) is 0. The summed E-state index contributed by atoms with van der Waals surface area (Å²) >= 11 is 0. The molecule has 0 radical (unpaired) electrons. The molecule has 0 bridgehead atoms. The molecule has 0 aliphatic carbocycles. The van der Waals surface area contributed by atoms with Gasteiger partial charge in [-0.3, -0.25) is 4.79 Å². The van der Waals surface area contributed by atoms with Crippen LogP contribution >= 0.6 is 0 Å². The first kappa shape index (κ1) is 15.3. The van der Waals surface area contributed by atoms with E-state index in [0.717, 1.165) is 24.9 Å². The predicted octanol–water partition coefficient (Wildman–Crippen LogP) is 2.16. The van der Waals surface area contributed by atoms with Gasteiger partial charge >= 0.3 is 0 Å². The minimum absolute atomic E-state index is 0.0229. The second kappa shape index (κ2) is 8.34. The van der Waals surface area contributed by atoms with Crippen LogP contribution in [-0.2, 0) is 0 Å². The Hall–Kier alpha value is -1.79. The number of hydrogen-bond donors (Lipinski definition) is 2. The number of nitrogens with two attached hydrogens (primary N) is 1. The van der Waals surface area contributed by atoms with E-state index in [1.165, 1.54) is 0 Å². The van der Waals surface area contributed by atoms with Crippen LogP contribution in [-0.4, -0.2) is 19.0 Å². The number of nitrogens with one attached hydrogen (secondary N) is 1. The van der Waals surface area contributed by atoms with Gasteiger partial charge in [-0.1, -0.05) is 38.5 Å². The average Bonchev–Trinajstić information content (AvgIpc) is 2.46. The van der Waals surface area contributed by atoms with Crippen LogP contribution in [0.3, 0.4) is 0 Å². The van der Waals surface area contributed by atoms with Crippen molar-refractivity contribution in [2.24, 2.45) is 11.7 Å². The SMILES string of the molecule is CCC(CC)CNC(=O)c1ccc(C#CCN)cc1. The van der Waals surface area contributed by atoms with Crippen LogP contribution in [0.5, 0.6) is 0 Å². The molecule has 1 rings (SSSR count). The van der Waals surface area contributed by atoms with Crippen molar-refractivity contribution in [2.45, 2.75) is 26.7 Å². The fourth-order valence-electron chi connectivity index (χ4n) is 1.77. The van der Waals surface area contributed by atoms with Gasteiger partial charge in [-0.25, -0.2) is 0 Å². The van der Waals surface area contributed by atoms with Crippen LogP contribution in [0.2, 0.25) is 0 Å². The van der Waals surface area contributed by atoms with E-state index in [-0.39, 0.29) is 5.91 Å². The van der Waals surface area contributed by atoms with Crippen molar-refractivity contribution in [3.8, 4) is 11.8 Å². The Balaban J connectivity index is 2.58. The number of hydrogen-bond acceptors (Lipinski definition) is 2. The van der Waals surface area contributed by atoms with E-state index in [9.17, 15) is 4.79 Å². The highest BCUT2D eigenvalue weighted by Gasteiger charge is 2.08. The number of carbonyl (C=O) groups is 1. The zero-order chi connectivity index (χ0) is 14.1. The van der Waals surface area contributed by atoms with Crippen molar-refractivity contribution >= 4 is 5.91 Å². The van der Waals surface area contributed by atoms with Gasteiger partial charge in [0.1, 0.15) is 0 Å². The Morgan fingerprint density at radius 3 is 2.42 bits per heavy atom. The summed E-state index contributed by atoms with van der Waals surface area (Å²) < 4.78 is 0. The van der Waals surface area contributed by atoms with Crippen LogP contribution in [0.25, 0.3) is 0 Å². The van der Waals surface area contributed by atoms with E-state index < -0.39 is 0 Å². The van der Waals surface area contributed by atoms with E-state index in [1.807, 2.05) is 12.1 Å². The van der Waals surface area contributed by atoms with Crippen molar-refractivity contribution in [1.82, 2.24) is 5.32 Å². The summed E-state index contributed by atoms with van der Waals surface area (Å²) in [5.41, 5.74) is 6.86. The summed E-state index contributed by atoms with van der Waals surface area (Å²) in [6.45, 7) is 5.37. The van der Waals surface area contributed by atoms with Crippen LogP contribution in [0.1, 0.15) is 42.6 Å². The fraction of sp³-hybridized carbons (Fsp3) is 0.438. The summed E-state index contributed by atoms with van der Waals surface area (Å²) in [5, 5.41) is 2.97. The summed E-state index contributed by atoms with van der Waals surface area (Å²) in [6.07, 6.45) is 2.18. The second-order valence-electron chi connectivity index (χ2n) is 4.48. The minimum atomic E-state index is -0.0229. The maximum absolute atomic E-state index is 11.9. The lowest BCUT2D eigenvalue weighted by Gasteiger charge is -2.13. The number of rotatable bonds is 5. The number of benzene rings is 1. The number of carbonyl (C=O) groups excluding carboxylic acids is 1. The number of amides is 1. The first-order valence-corrected chi connectivity index (χ1v) is 6.78. The third-order valence-corrected chi connectivity index (χ3v) is 3.19. The molecule has 0 spiro atoms. The fourth-order valence-corrected chi connectivity index (χ4v) is 1.77. The lowest BCUT2D eigenvalue weighted by molar-refractivity contribution is 0.0946. The maximum atomic E-state index is 11.9. The molecule has 0 saturated heterocycles. The highest BCUT2D eigenvalue weighted by Crippen LogP contribution is 2.07. The largest absolute Gasteiger partial charge is 0.352 e. The summed E-state index contributed by atoms with van der Waals surface area (Å²) in [4.78, 5) is 11.9. The normalized spacial score (nSPS) is 9.89. The van der Waals surface area contributed by atoms with Crippen molar-refractivity contribution in [3.05, 3.63) is 35.4 Å². The van der Waals surface area contributed by atoms with Gasteiger partial charge in [-0.05, 0) is 30.2 Å². The van der Waals surface area contributed by atoms with Crippen LogP contribution < -0.4 is 11.1 Å². The third-order valence-electron chi connectivity index (χ3n) is 3.19.